The Bertz CT molecular complexity index is 417. The van der Waals surface area contributed by atoms with Crippen LogP contribution in [0.5, 0.6) is 0 Å². The highest BCUT2D eigenvalue weighted by molar-refractivity contribution is 5.85. The fraction of sp³-hybridized carbons (Fsp3) is 0.684. The van der Waals surface area contributed by atoms with Crippen LogP contribution in [0.25, 0.3) is 0 Å². The van der Waals surface area contributed by atoms with Crippen molar-refractivity contribution in [1.82, 2.24) is 5.32 Å². The first kappa shape index (κ1) is 16.8. The Morgan fingerprint density at radius 1 is 0.952 bits per heavy atom. The quantitative estimate of drug-likeness (QED) is 0.813. The average Bonchev–Trinajstić information content (AvgIpc) is 2.47. The summed E-state index contributed by atoms with van der Waals surface area (Å²) in [7, 11) is 0. The van der Waals surface area contributed by atoms with E-state index in [4.69, 9.17) is 0 Å². The van der Waals surface area contributed by atoms with Gasteiger partial charge in [0, 0.05) is 12.1 Å². The van der Waals surface area contributed by atoms with Crippen LogP contribution >= 0.6 is 12.4 Å². The Kier molecular flexibility index (Phi) is 6.13. The average molecular weight is 308 g/mol. The third-order valence-electron chi connectivity index (χ3n) is 5.44. The first-order valence-corrected chi connectivity index (χ1v) is 8.55. The summed E-state index contributed by atoms with van der Waals surface area (Å²) < 4.78 is 0. The smallest absolute Gasteiger partial charge is 0.0141 e. The molecule has 0 bridgehead atoms. The largest absolute Gasteiger partial charge is 0.311 e. The van der Waals surface area contributed by atoms with Crippen molar-refractivity contribution in [2.75, 3.05) is 0 Å². The van der Waals surface area contributed by atoms with Gasteiger partial charge in [-0.3, -0.25) is 0 Å². The molecule has 118 valence electrons. The lowest BCUT2D eigenvalue weighted by Crippen LogP contribution is -2.46. The first-order valence-electron chi connectivity index (χ1n) is 8.55. The van der Waals surface area contributed by atoms with Gasteiger partial charge in [-0.2, -0.15) is 0 Å². The van der Waals surface area contributed by atoms with E-state index >= 15 is 0 Å². The predicted octanol–water partition coefficient (Wildman–Crippen LogP) is 5.16. The first-order chi connectivity index (χ1) is 9.74. The molecule has 1 N–H and O–H groups in total. The van der Waals surface area contributed by atoms with E-state index < -0.39 is 0 Å². The Morgan fingerprint density at radius 2 is 1.57 bits per heavy atom. The molecule has 0 amide bonds. The van der Waals surface area contributed by atoms with Crippen LogP contribution in [0, 0.1) is 11.8 Å². The van der Waals surface area contributed by atoms with E-state index in [0.717, 1.165) is 17.8 Å². The zero-order valence-electron chi connectivity index (χ0n) is 13.4. The van der Waals surface area contributed by atoms with E-state index in [2.05, 4.69) is 49.5 Å². The van der Waals surface area contributed by atoms with Gasteiger partial charge in [0.25, 0.3) is 0 Å². The zero-order valence-corrected chi connectivity index (χ0v) is 14.2. The van der Waals surface area contributed by atoms with E-state index in [1.54, 1.807) is 5.56 Å². The van der Waals surface area contributed by atoms with Crippen molar-refractivity contribution in [3.05, 3.63) is 35.9 Å². The van der Waals surface area contributed by atoms with Crippen LogP contribution in [0.15, 0.2) is 30.3 Å². The van der Waals surface area contributed by atoms with Gasteiger partial charge in [0.1, 0.15) is 0 Å². The van der Waals surface area contributed by atoms with Crippen molar-refractivity contribution in [3.8, 4) is 0 Å². The maximum atomic E-state index is 3.86. The Morgan fingerprint density at radius 3 is 2.19 bits per heavy atom. The number of hydrogen-bond acceptors (Lipinski definition) is 1. The number of fused-ring (bicyclic) bond motifs is 1. The van der Waals surface area contributed by atoms with Crippen LogP contribution in [-0.2, 0) is 0 Å². The van der Waals surface area contributed by atoms with Crippen molar-refractivity contribution >= 4 is 12.4 Å². The third kappa shape index (κ3) is 4.02. The normalized spacial score (nSPS) is 32.3. The van der Waals surface area contributed by atoms with E-state index in [0.29, 0.717) is 12.1 Å². The monoisotopic (exact) mass is 307 g/mol. The molecule has 0 aliphatic heterocycles. The van der Waals surface area contributed by atoms with Gasteiger partial charge < -0.3 is 5.32 Å². The number of hydrogen-bond donors (Lipinski definition) is 1. The lowest BCUT2D eigenvalue weighted by atomic mass is 9.64. The number of benzene rings is 1. The van der Waals surface area contributed by atoms with Gasteiger partial charge in [0.2, 0.25) is 0 Å². The minimum absolute atomic E-state index is 0. The van der Waals surface area contributed by atoms with Gasteiger partial charge >= 0.3 is 0 Å². The summed E-state index contributed by atoms with van der Waals surface area (Å²) in [6, 6.07) is 12.5. The van der Waals surface area contributed by atoms with E-state index in [1.807, 2.05) is 0 Å². The molecule has 3 rings (SSSR count). The van der Waals surface area contributed by atoms with Crippen LogP contribution in [0.2, 0.25) is 0 Å². The highest BCUT2D eigenvalue weighted by Crippen LogP contribution is 2.46. The topological polar surface area (TPSA) is 12.0 Å². The SMILES string of the molecule is CC(C)N[C@H]1C[C@H]2CCCC[C@@H]2C[C@@H]1c1ccccc1.Cl. The fourth-order valence-electron chi connectivity index (χ4n) is 4.57. The van der Waals surface area contributed by atoms with Gasteiger partial charge in [-0.1, -0.05) is 69.9 Å². The predicted molar refractivity (Wildman–Crippen MR) is 93.2 cm³/mol. The molecule has 0 saturated heterocycles. The second-order valence-corrected chi connectivity index (χ2v) is 7.22. The highest BCUT2D eigenvalue weighted by atomic mass is 35.5. The zero-order chi connectivity index (χ0) is 13.9. The van der Waals surface area contributed by atoms with Crippen molar-refractivity contribution in [2.45, 2.75) is 70.4 Å². The number of halogens is 1. The van der Waals surface area contributed by atoms with Gasteiger partial charge in [0.05, 0.1) is 0 Å². The highest BCUT2D eigenvalue weighted by Gasteiger charge is 2.38. The fourth-order valence-corrected chi connectivity index (χ4v) is 4.57. The Labute approximate surface area is 136 Å². The second kappa shape index (κ2) is 7.65. The van der Waals surface area contributed by atoms with Crippen LogP contribution in [0.3, 0.4) is 0 Å². The molecule has 0 radical (unpaired) electrons. The number of nitrogens with one attached hydrogen (secondary N) is 1. The third-order valence-corrected chi connectivity index (χ3v) is 5.44. The lowest BCUT2D eigenvalue weighted by molar-refractivity contribution is 0.122. The molecule has 1 nitrogen and oxygen atoms in total. The molecule has 0 aromatic heterocycles. The molecule has 21 heavy (non-hydrogen) atoms. The van der Waals surface area contributed by atoms with E-state index in [1.165, 1.54) is 38.5 Å². The van der Waals surface area contributed by atoms with Gasteiger partial charge in [-0.05, 0) is 36.2 Å². The van der Waals surface area contributed by atoms with E-state index in [-0.39, 0.29) is 12.4 Å². The van der Waals surface area contributed by atoms with Crippen molar-refractivity contribution in [2.24, 2.45) is 11.8 Å². The van der Waals surface area contributed by atoms with Crippen LogP contribution in [0.1, 0.15) is 63.9 Å². The Balaban J connectivity index is 0.00000161. The summed E-state index contributed by atoms with van der Waals surface area (Å²) in [4.78, 5) is 0. The van der Waals surface area contributed by atoms with E-state index in [9.17, 15) is 0 Å². The summed E-state index contributed by atoms with van der Waals surface area (Å²) in [6.45, 7) is 4.57. The van der Waals surface area contributed by atoms with Gasteiger partial charge in [-0.15, -0.1) is 12.4 Å². The van der Waals surface area contributed by atoms with Crippen molar-refractivity contribution in [1.29, 1.82) is 0 Å². The minimum Gasteiger partial charge on any atom is -0.311 e. The molecule has 1 aromatic rings. The molecule has 2 aliphatic carbocycles. The second-order valence-electron chi connectivity index (χ2n) is 7.22. The van der Waals surface area contributed by atoms with Crippen LogP contribution in [-0.4, -0.2) is 12.1 Å². The molecule has 2 aliphatic rings. The molecule has 2 saturated carbocycles. The molecule has 2 fully saturated rings. The van der Waals surface area contributed by atoms with Crippen LogP contribution in [0.4, 0.5) is 0 Å². The molecule has 0 spiro atoms. The minimum atomic E-state index is 0. The molecule has 0 heterocycles. The summed E-state index contributed by atoms with van der Waals surface area (Å²) >= 11 is 0. The van der Waals surface area contributed by atoms with Crippen molar-refractivity contribution in [3.63, 3.8) is 0 Å². The standard InChI is InChI=1S/C19H29N.ClH/c1-14(2)20-19-13-17-11-7-6-10-16(17)12-18(19)15-8-4-3-5-9-15;/h3-5,8-9,14,16-20H,6-7,10-13H2,1-2H3;1H/t16-,17-,18-,19+;/m1./s1. The summed E-state index contributed by atoms with van der Waals surface area (Å²) in [6.07, 6.45) is 8.67. The molecular weight excluding hydrogens is 278 g/mol. The molecular formula is C19H30ClN. The van der Waals surface area contributed by atoms with Crippen molar-refractivity contribution < 1.29 is 0 Å². The summed E-state index contributed by atoms with van der Waals surface area (Å²) in [5, 5.41) is 3.86. The maximum absolute atomic E-state index is 3.86. The van der Waals surface area contributed by atoms with Gasteiger partial charge in [0.15, 0.2) is 0 Å². The van der Waals surface area contributed by atoms with Crippen LogP contribution < -0.4 is 5.32 Å². The lowest BCUT2D eigenvalue weighted by Gasteiger charge is -2.45. The molecule has 0 unspecified atom stereocenters. The van der Waals surface area contributed by atoms with Gasteiger partial charge in [-0.25, -0.2) is 0 Å². The molecule has 4 atom stereocenters. The Hall–Kier alpha value is -0.530. The maximum Gasteiger partial charge on any atom is 0.0141 e. The number of rotatable bonds is 3. The summed E-state index contributed by atoms with van der Waals surface area (Å²) in [5.41, 5.74) is 1.55. The molecule has 1 aromatic carbocycles. The summed E-state index contributed by atoms with van der Waals surface area (Å²) in [5.74, 6) is 2.69. The molecule has 2 heteroatoms.